The Bertz CT molecular complexity index is 192. The Morgan fingerprint density at radius 3 is 2.70 bits per heavy atom. The SMILES string of the molecule is C[CH]c1cnn(CC)c1C. The van der Waals surface area contributed by atoms with Gasteiger partial charge in [-0.2, -0.15) is 5.10 Å². The molecule has 0 fully saturated rings. The molecule has 0 aromatic carbocycles. The molecule has 0 N–H and O–H groups in total. The Kier molecular flexibility index (Phi) is 2.10. The van der Waals surface area contributed by atoms with Crippen LogP contribution in [0.15, 0.2) is 6.20 Å². The van der Waals surface area contributed by atoms with Crippen LogP contribution in [0, 0.1) is 13.3 Å². The minimum absolute atomic E-state index is 0.958. The van der Waals surface area contributed by atoms with Crippen LogP contribution in [-0.2, 0) is 6.54 Å². The van der Waals surface area contributed by atoms with Crippen molar-refractivity contribution in [1.29, 1.82) is 0 Å². The standard InChI is InChI=1S/C8H13N2/c1-4-8-6-9-10(5-2)7(8)3/h4,6H,5H2,1-3H3. The highest BCUT2D eigenvalue weighted by Crippen LogP contribution is 2.07. The lowest BCUT2D eigenvalue weighted by Gasteiger charge is -1.98. The predicted molar refractivity (Wildman–Crippen MR) is 41.7 cm³/mol. The van der Waals surface area contributed by atoms with Gasteiger partial charge in [0, 0.05) is 12.2 Å². The number of rotatable bonds is 2. The third-order valence-corrected chi connectivity index (χ3v) is 1.75. The molecule has 0 atom stereocenters. The molecule has 2 heteroatoms. The van der Waals surface area contributed by atoms with Gasteiger partial charge in [-0.15, -0.1) is 0 Å². The minimum atomic E-state index is 0.958. The maximum absolute atomic E-state index is 4.19. The fraction of sp³-hybridized carbons (Fsp3) is 0.500. The summed E-state index contributed by atoms with van der Waals surface area (Å²) < 4.78 is 2.00. The molecule has 10 heavy (non-hydrogen) atoms. The van der Waals surface area contributed by atoms with E-state index in [1.165, 1.54) is 11.3 Å². The topological polar surface area (TPSA) is 17.8 Å². The normalized spacial score (nSPS) is 10.3. The molecule has 0 aliphatic carbocycles. The van der Waals surface area contributed by atoms with Crippen molar-refractivity contribution < 1.29 is 0 Å². The molecule has 0 bridgehead atoms. The number of aryl methyl sites for hydroxylation is 1. The van der Waals surface area contributed by atoms with Crippen LogP contribution < -0.4 is 0 Å². The van der Waals surface area contributed by atoms with E-state index < -0.39 is 0 Å². The summed E-state index contributed by atoms with van der Waals surface area (Å²) in [6.45, 7) is 7.18. The van der Waals surface area contributed by atoms with Crippen molar-refractivity contribution in [2.45, 2.75) is 27.3 Å². The Balaban J connectivity index is 2.97. The van der Waals surface area contributed by atoms with E-state index >= 15 is 0 Å². The third kappa shape index (κ3) is 1.06. The van der Waals surface area contributed by atoms with Crippen LogP contribution in [0.3, 0.4) is 0 Å². The lowest BCUT2D eigenvalue weighted by atomic mass is 10.2. The van der Waals surface area contributed by atoms with E-state index in [-0.39, 0.29) is 0 Å². The average Bonchev–Trinajstić information content (AvgIpc) is 2.30. The van der Waals surface area contributed by atoms with Gasteiger partial charge in [0.05, 0.1) is 6.20 Å². The van der Waals surface area contributed by atoms with Crippen molar-refractivity contribution in [1.82, 2.24) is 9.78 Å². The summed E-state index contributed by atoms with van der Waals surface area (Å²) in [4.78, 5) is 0. The smallest absolute Gasteiger partial charge is 0.0527 e. The molecule has 0 amide bonds. The first-order valence-electron chi connectivity index (χ1n) is 3.61. The van der Waals surface area contributed by atoms with Gasteiger partial charge in [-0.05, 0) is 25.8 Å². The Hall–Kier alpha value is -0.790. The highest BCUT2D eigenvalue weighted by atomic mass is 15.3. The molecule has 0 saturated carbocycles. The van der Waals surface area contributed by atoms with Crippen molar-refractivity contribution in [2.24, 2.45) is 0 Å². The van der Waals surface area contributed by atoms with E-state index in [0.29, 0.717) is 0 Å². The van der Waals surface area contributed by atoms with E-state index in [4.69, 9.17) is 0 Å². The average molecular weight is 137 g/mol. The predicted octanol–water partition coefficient (Wildman–Crippen LogP) is 1.78. The molecular formula is C8H13N2. The largest absolute Gasteiger partial charge is 0.270 e. The van der Waals surface area contributed by atoms with Crippen LogP contribution >= 0.6 is 0 Å². The maximum atomic E-state index is 4.19. The molecule has 0 aliphatic heterocycles. The first kappa shape index (κ1) is 7.32. The van der Waals surface area contributed by atoms with Gasteiger partial charge in [-0.3, -0.25) is 4.68 Å². The summed E-state index contributed by atoms with van der Waals surface area (Å²) in [6, 6.07) is 0. The summed E-state index contributed by atoms with van der Waals surface area (Å²) in [5, 5.41) is 4.19. The van der Waals surface area contributed by atoms with Crippen LogP contribution in [-0.4, -0.2) is 9.78 Å². The molecule has 0 saturated heterocycles. The molecule has 0 spiro atoms. The highest BCUT2D eigenvalue weighted by molar-refractivity contribution is 5.23. The van der Waals surface area contributed by atoms with Gasteiger partial charge in [0.25, 0.3) is 0 Å². The van der Waals surface area contributed by atoms with Gasteiger partial charge in [-0.25, -0.2) is 0 Å². The third-order valence-electron chi connectivity index (χ3n) is 1.75. The summed E-state index contributed by atoms with van der Waals surface area (Å²) >= 11 is 0. The summed E-state index contributed by atoms with van der Waals surface area (Å²) in [5.41, 5.74) is 2.49. The van der Waals surface area contributed by atoms with Crippen LogP contribution in [0.2, 0.25) is 0 Å². The molecule has 1 aromatic heterocycles. The van der Waals surface area contributed by atoms with E-state index in [9.17, 15) is 0 Å². The number of aromatic nitrogens is 2. The molecule has 0 aliphatic rings. The van der Waals surface area contributed by atoms with Crippen LogP contribution in [0.1, 0.15) is 25.1 Å². The number of hydrogen-bond acceptors (Lipinski definition) is 1. The van der Waals surface area contributed by atoms with Crippen molar-refractivity contribution in [3.63, 3.8) is 0 Å². The van der Waals surface area contributed by atoms with Crippen molar-refractivity contribution in [2.75, 3.05) is 0 Å². The zero-order valence-corrected chi connectivity index (χ0v) is 6.76. The Morgan fingerprint density at radius 2 is 2.40 bits per heavy atom. The zero-order valence-electron chi connectivity index (χ0n) is 6.76. The quantitative estimate of drug-likeness (QED) is 0.607. The van der Waals surface area contributed by atoms with Gasteiger partial charge in [0.15, 0.2) is 0 Å². The minimum Gasteiger partial charge on any atom is -0.270 e. The monoisotopic (exact) mass is 137 g/mol. The van der Waals surface area contributed by atoms with Gasteiger partial charge in [0.1, 0.15) is 0 Å². The van der Waals surface area contributed by atoms with Gasteiger partial charge in [0.2, 0.25) is 0 Å². The molecule has 1 heterocycles. The van der Waals surface area contributed by atoms with Crippen LogP contribution in [0.25, 0.3) is 0 Å². The first-order chi connectivity index (χ1) is 4.79. The summed E-state index contributed by atoms with van der Waals surface area (Å²) in [6.07, 6.45) is 3.98. The summed E-state index contributed by atoms with van der Waals surface area (Å²) in [5.74, 6) is 0. The van der Waals surface area contributed by atoms with Gasteiger partial charge < -0.3 is 0 Å². The number of nitrogens with zero attached hydrogens (tertiary/aromatic N) is 2. The second-order valence-electron chi connectivity index (χ2n) is 2.29. The van der Waals surface area contributed by atoms with E-state index in [1.54, 1.807) is 0 Å². The van der Waals surface area contributed by atoms with Crippen LogP contribution in [0.4, 0.5) is 0 Å². The number of hydrogen-bond donors (Lipinski definition) is 0. The van der Waals surface area contributed by atoms with E-state index in [2.05, 4.69) is 25.4 Å². The van der Waals surface area contributed by atoms with E-state index in [1.807, 2.05) is 17.8 Å². The second-order valence-corrected chi connectivity index (χ2v) is 2.29. The zero-order chi connectivity index (χ0) is 7.56. The van der Waals surface area contributed by atoms with Crippen LogP contribution in [0.5, 0.6) is 0 Å². The van der Waals surface area contributed by atoms with Gasteiger partial charge >= 0.3 is 0 Å². The van der Waals surface area contributed by atoms with Crippen molar-refractivity contribution >= 4 is 0 Å². The Morgan fingerprint density at radius 1 is 1.70 bits per heavy atom. The molecule has 2 nitrogen and oxygen atoms in total. The Labute approximate surface area is 61.9 Å². The molecule has 0 unspecified atom stereocenters. The first-order valence-corrected chi connectivity index (χ1v) is 3.61. The maximum Gasteiger partial charge on any atom is 0.0527 e. The van der Waals surface area contributed by atoms with Crippen molar-refractivity contribution in [3.8, 4) is 0 Å². The molecule has 1 aromatic rings. The molecule has 1 radical (unpaired) electrons. The van der Waals surface area contributed by atoms with E-state index in [0.717, 1.165) is 6.54 Å². The fourth-order valence-electron chi connectivity index (χ4n) is 1.06. The van der Waals surface area contributed by atoms with Crippen molar-refractivity contribution in [3.05, 3.63) is 23.9 Å². The molecular weight excluding hydrogens is 124 g/mol. The second kappa shape index (κ2) is 2.86. The lowest BCUT2D eigenvalue weighted by Crippen LogP contribution is -1.98. The highest BCUT2D eigenvalue weighted by Gasteiger charge is 2.00. The molecule has 55 valence electrons. The summed E-state index contributed by atoms with van der Waals surface area (Å²) in [7, 11) is 0. The molecule has 1 rings (SSSR count). The van der Waals surface area contributed by atoms with Gasteiger partial charge in [-0.1, -0.05) is 6.92 Å². The fourth-order valence-corrected chi connectivity index (χ4v) is 1.06. The lowest BCUT2D eigenvalue weighted by molar-refractivity contribution is 0.639.